The fourth-order valence-corrected chi connectivity index (χ4v) is 12.6. The molecule has 2 unspecified atom stereocenters. The van der Waals surface area contributed by atoms with Gasteiger partial charge in [0.2, 0.25) is 11.4 Å². The quantitative estimate of drug-likeness (QED) is 0.0210. The van der Waals surface area contributed by atoms with Crippen LogP contribution >= 0.6 is 45.9 Å². The second kappa shape index (κ2) is 33.5. The second-order valence-corrected chi connectivity index (χ2v) is 25.1. The van der Waals surface area contributed by atoms with Crippen LogP contribution in [0.15, 0.2) is 166 Å². The molecule has 22 nitrogen and oxygen atoms in total. The van der Waals surface area contributed by atoms with Gasteiger partial charge in [0.15, 0.2) is 23.0 Å². The Kier molecular flexibility index (Phi) is 25.9. The number of aliphatic hydroxyl groups is 2. The smallest absolute Gasteiger partial charge is 0.319 e. The summed E-state index contributed by atoms with van der Waals surface area (Å²) in [5.74, 6) is 0.427. The van der Waals surface area contributed by atoms with Gasteiger partial charge in [-0.3, -0.25) is 40.0 Å². The Morgan fingerprint density at radius 2 is 0.969 bits per heavy atom. The molecule has 0 saturated carbocycles. The molecule has 4 aliphatic rings. The van der Waals surface area contributed by atoms with Crippen LogP contribution in [0.5, 0.6) is 11.5 Å². The van der Waals surface area contributed by atoms with Gasteiger partial charge in [-0.2, -0.15) is 9.15 Å². The summed E-state index contributed by atoms with van der Waals surface area (Å²) in [5.41, 5.74) is 11.7. The molecule has 0 bridgehead atoms. The first kappa shape index (κ1) is 74.3. The van der Waals surface area contributed by atoms with Gasteiger partial charge in [-0.1, -0.05) is 59.7 Å². The van der Waals surface area contributed by atoms with E-state index in [4.69, 9.17) is 32.7 Å². The van der Waals surface area contributed by atoms with E-state index < -0.39 is 9.85 Å². The largest absolute Gasteiger partial charge is 0.506 e. The van der Waals surface area contributed by atoms with Crippen LogP contribution in [0.1, 0.15) is 96.9 Å². The van der Waals surface area contributed by atoms with Gasteiger partial charge < -0.3 is 49.7 Å². The summed E-state index contributed by atoms with van der Waals surface area (Å²) in [6, 6.07) is 25.6. The molecule has 10 rings (SSSR count). The molecule has 27 heteroatoms. The number of hydrogen-bond acceptors (Lipinski definition) is 18. The van der Waals surface area contributed by atoms with Crippen molar-refractivity contribution in [1.82, 2.24) is 9.97 Å². The maximum atomic E-state index is 10.9. The van der Waals surface area contributed by atoms with Crippen LogP contribution in [0.25, 0.3) is 12.2 Å². The summed E-state index contributed by atoms with van der Waals surface area (Å²) in [6.45, 7) is 22.6. The van der Waals surface area contributed by atoms with Crippen LogP contribution in [0.3, 0.4) is 0 Å². The molecular weight excluding hydrogens is 1350 g/mol. The van der Waals surface area contributed by atoms with Gasteiger partial charge in [0.05, 0.1) is 33.9 Å². The topological polar surface area (TPSA) is 269 Å². The molecule has 2 aliphatic carbocycles. The number of ketones is 2. The summed E-state index contributed by atoms with van der Waals surface area (Å²) in [5, 5.41) is 55.4. The summed E-state index contributed by atoms with van der Waals surface area (Å²) in [4.78, 5) is 53.6. The third-order valence-corrected chi connectivity index (χ3v) is 18.8. The van der Waals surface area contributed by atoms with Crippen LogP contribution in [0.4, 0.5) is 32.8 Å². The molecule has 0 saturated heterocycles. The predicted molar refractivity (Wildman–Crippen MR) is 378 cm³/mol. The fourth-order valence-electron chi connectivity index (χ4n) is 11.1. The minimum absolute atomic E-state index is 0. The molecule has 0 fully saturated rings. The van der Waals surface area contributed by atoms with Gasteiger partial charge in [-0.15, -0.1) is 0 Å². The summed E-state index contributed by atoms with van der Waals surface area (Å²) in [6.07, 6.45) is 20.7. The standard InChI is InChI=1S/C51H64Cl2N4O2.2C9H6N4O4S.Co/c1-11-50(7)42-32-38(52)22-26-44(42)54(9)48(50)28-20-36-18-24-40(56(13-3)14-4)34-46(36)58-30-17-31-59-47-35-41(57(15-5)16-6)25-19-37(47)21-29-49-51(8,12-2)43-33-39(53)23-27-45(43)55(49)10;2*14-5-1-2-6(7(15)3-5)11-12-9-10-4-8(18-9)13(16)17;/h18-29,32-35H,11-17,30-31H2,1-10H3;2*1-4H,(H2,10,12,14,15);/q+2;;;/p-2. The molecule has 2 aliphatic heterocycles. The fraction of sp³-hybridized carbons (Fsp3) is 0.304. The zero-order valence-corrected chi connectivity index (χ0v) is 58.8. The monoisotopic (exact) mass is 1420 g/mol. The Labute approximate surface area is 584 Å². The average molecular weight is 1430 g/mol. The molecule has 505 valence electrons. The number of carbonyl (C=O) groups excluding carboxylic acids is 2. The van der Waals surface area contributed by atoms with Crippen LogP contribution in [0, 0.1) is 20.2 Å². The Bertz CT molecular complexity index is 4140. The van der Waals surface area contributed by atoms with Crippen molar-refractivity contribution in [2.24, 2.45) is 20.4 Å². The Morgan fingerprint density at radius 3 is 1.30 bits per heavy atom. The molecule has 2 atom stereocenters. The number of nitro groups is 2. The van der Waals surface area contributed by atoms with Crippen molar-refractivity contribution in [3.8, 4) is 11.5 Å². The van der Waals surface area contributed by atoms with Crippen molar-refractivity contribution in [3.05, 3.63) is 207 Å². The molecular formula is C69H74Cl2CoN12O10S2. The van der Waals surface area contributed by atoms with E-state index in [1.807, 2.05) is 12.1 Å². The molecule has 0 amide bonds. The number of aliphatic hydroxyl groups excluding tert-OH is 2. The van der Waals surface area contributed by atoms with E-state index in [2.05, 4.69) is 204 Å². The summed E-state index contributed by atoms with van der Waals surface area (Å²) >= 11 is 14.5. The average Bonchev–Trinajstić information content (AvgIpc) is 1.65. The molecule has 0 spiro atoms. The van der Waals surface area contributed by atoms with Crippen molar-refractivity contribution < 1.29 is 65.1 Å². The van der Waals surface area contributed by atoms with Gasteiger partial charge in [0, 0.05) is 164 Å². The van der Waals surface area contributed by atoms with Gasteiger partial charge in [-0.25, -0.2) is 0 Å². The number of rotatable bonds is 22. The molecule has 96 heavy (non-hydrogen) atoms. The van der Waals surface area contributed by atoms with Gasteiger partial charge in [0.25, 0.3) is 0 Å². The molecule has 2 aromatic heterocycles. The van der Waals surface area contributed by atoms with E-state index in [-0.39, 0.29) is 81.7 Å². The number of benzene rings is 4. The number of ether oxygens (including phenoxy) is 2. The minimum Gasteiger partial charge on any atom is -0.506 e. The zero-order valence-electron chi connectivity index (χ0n) is 54.7. The van der Waals surface area contributed by atoms with Crippen LogP contribution in [-0.2, 0) is 37.2 Å². The SMILES string of the molecule is CCN(CC)c1ccc(/C=C/C2=[N+](C)c3ccc(Cl)cc3C2(C)CC)c(OCCCOc2cc(N(CC)CC)ccc2/C=C/C2=[N+](C)c3ccc(Cl)cc3C2(C)CC)c1.O=C1C=CC(=NN=c2[n-]cc([N+](=O)[O-])s2)C(O)=C1.O=C1C=CC(=NN=c2[n-]cc([N+](=O)[O-])s2)C(O)=C1.[Co]. The number of allylic oxidation sites excluding steroid dienone is 8. The first-order valence-corrected chi connectivity index (χ1v) is 33.1. The number of hydrogen-bond donors (Lipinski definition) is 2. The summed E-state index contributed by atoms with van der Waals surface area (Å²) in [7, 11) is 4.30. The number of carbonyl (C=O) groups is 2. The Hall–Kier alpha value is -9.11. The van der Waals surface area contributed by atoms with Crippen molar-refractivity contribution in [2.45, 2.75) is 85.5 Å². The number of halogens is 2. The molecule has 4 heterocycles. The number of anilines is 2. The first-order chi connectivity index (χ1) is 45.5. The first-order valence-electron chi connectivity index (χ1n) is 30.7. The van der Waals surface area contributed by atoms with E-state index in [1.54, 1.807) is 0 Å². The van der Waals surface area contributed by atoms with E-state index in [9.17, 15) is 40.0 Å². The van der Waals surface area contributed by atoms with E-state index in [0.717, 1.165) is 137 Å². The van der Waals surface area contributed by atoms with E-state index in [1.165, 1.54) is 58.2 Å². The third-order valence-electron chi connectivity index (χ3n) is 16.7. The number of aromatic nitrogens is 2. The zero-order chi connectivity index (χ0) is 68.7. The molecule has 6 aromatic rings. The predicted octanol–water partition coefficient (Wildman–Crippen LogP) is 13.7. The van der Waals surface area contributed by atoms with E-state index >= 15 is 0 Å². The van der Waals surface area contributed by atoms with Crippen molar-refractivity contribution >= 4 is 125 Å². The second-order valence-electron chi connectivity index (χ2n) is 22.3. The molecule has 1 radical (unpaired) electrons. The number of fused-ring (bicyclic) bond motifs is 2. The Balaban J connectivity index is 0.000000283. The van der Waals surface area contributed by atoms with Gasteiger partial charge in [-0.05, 0) is 139 Å². The van der Waals surface area contributed by atoms with E-state index in [0.29, 0.717) is 13.2 Å². The third kappa shape index (κ3) is 17.5. The van der Waals surface area contributed by atoms with Crippen LogP contribution < -0.4 is 38.8 Å². The minimum atomic E-state index is -0.583. The molecule has 2 N–H and O–H groups in total. The number of thiazole rings is 2. The van der Waals surface area contributed by atoms with Crippen molar-refractivity contribution in [1.29, 1.82) is 0 Å². The molecule has 4 aromatic carbocycles. The van der Waals surface area contributed by atoms with Gasteiger partial charge in [0.1, 0.15) is 48.5 Å². The maximum absolute atomic E-state index is 10.9. The summed E-state index contributed by atoms with van der Waals surface area (Å²) < 4.78 is 17.9. The Morgan fingerprint density at radius 1 is 0.583 bits per heavy atom. The normalized spacial score (nSPS) is 18.3. The van der Waals surface area contributed by atoms with Crippen LogP contribution in [0.2, 0.25) is 10.0 Å². The van der Waals surface area contributed by atoms with Crippen LogP contribution in [-0.4, -0.2) is 117 Å². The van der Waals surface area contributed by atoms with Crippen molar-refractivity contribution in [3.63, 3.8) is 0 Å². The number of nitrogens with zero attached hydrogens (tertiary/aromatic N) is 12. The maximum Gasteiger partial charge on any atom is 0.319 e. The van der Waals surface area contributed by atoms with Crippen molar-refractivity contribution in [2.75, 3.05) is 63.3 Å². The van der Waals surface area contributed by atoms with Gasteiger partial charge >= 0.3 is 10.0 Å².